The molecular formula is C17H15ClO3S. The second-order valence-corrected chi connectivity index (χ2v) is 8.16. The van der Waals surface area contributed by atoms with Crippen LogP contribution in [0, 0.1) is 12.8 Å². The van der Waals surface area contributed by atoms with Gasteiger partial charge in [0.25, 0.3) is 0 Å². The van der Waals surface area contributed by atoms with Crippen molar-refractivity contribution in [3.63, 3.8) is 0 Å². The summed E-state index contributed by atoms with van der Waals surface area (Å²) in [5.41, 5.74) is 1.99. The molecule has 3 rings (SSSR count). The molecule has 0 aromatic heterocycles. The zero-order valence-corrected chi connectivity index (χ0v) is 13.5. The van der Waals surface area contributed by atoms with Crippen LogP contribution in [-0.2, 0) is 14.6 Å². The molecule has 1 saturated carbocycles. The Morgan fingerprint density at radius 3 is 2.14 bits per heavy atom. The fourth-order valence-corrected chi connectivity index (χ4v) is 5.09. The Balaban J connectivity index is 1.95. The van der Waals surface area contributed by atoms with Crippen LogP contribution in [0.15, 0.2) is 53.4 Å². The van der Waals surface area contributed by atoms with Crippen LogP contribution in [0.4, 0.5) is 0 Å². The van der Waals surface area contributed by atoms with Crippen molar-refractivity contribution in [3.05, 3.63) is 64.7 Å². The summed E-state index contributed by atoms with van der Waals surface area (Å²) in [6, 6.07) is 13.7. The van der Waals surface area contributed by atoms with E-state index in [0.29, 0.717) is 5.02 Å². The van der Waals surface area contributed by atoms with Crippen molar-refractivity contribution in [1.82, 2.24) is 0 Å². The predicted molar refractivity (Wildman–Crippen MR) is 85.9 cm³/mol. The van der Waals surface area contributed by atoms with Crippen LogP contribution in [0.2, 0.25) is 5.02 Å². The van der Waals surface area contributed by atoms with Crippen molar-refractivity contribution in [2.45, 2.75) is 23.0 Å². The fraction of sp³-hybridized carbons (Fsp3) is 0.235. The molecule has 22 heavy (non-hydrogen) atoms. The van der Waals surface area contributed by atoms with Crippen molar-refractivity contribution in [2.24, 2.45) is 5.92 Å². The van der Waals surface area contributed by atoms with Crippen molar-refractivity contribution in [3.8, 4) is 0 Å². The minimum Gasteiger partial charge on any atom is -0.303 e. The van der Waals surface area contributed by atoms with Gasteiger partial charge in [-0.05, 0) is 36.8 Å². The highest BCUT2D eigenvalue weighted by molar-refractivity contribution is 7.92. The van der Waals surface area contributed by atoms with E-state index in [1.807, 2.05) is 31.2 Å². The summed E-state index contributed by atoms with van der Waals surface area (Å²) in [6.45, 7) is 1.97. The lowest BCUT2D eigenvalue weighted by molar-refractivity contribution is -0.108. The number of aryl methyl sites for hydroxylation is 1. The first-order chi connectivity index (χ1) is 10.4. The Morgan fingerprint density at radius 2 is 1.59 bits per heavy atom. The number of carbonyl (C=O) groups is 1. The first-order valence-electron chi connectivity index (χ1n) is 6.96. The Bertz CT molecular complexity index is 795. The van der Waals surface area contributed by atoms with E-state index in [2.05, 4.69) is 0 Å². The maximum atomic E-state index is 12.7. The number of benzene rings is 2. The van der Waals surface area contributed by atoms with E-state index in [0.717, 1.165) is 17.4 Å². The molecule has 114 valence electrons. The molecule has 2 aromatic carbocycles. The number of hydrogen-bond donors (Lipinski definition) is 0. The zero-order chi connectivity index (χ0) is 15.9. The van der Waals surface area contributed by atoms with Crippen molar-refractivity contribution < 1.29 is 13.2 Å². The Hall–Kier alpha value is -1.65. The summed E-state index contributed by atoms with van der Waals surface area (Å²) in [4.78, 5) is 11.5. The number of hydrogen-bond acceptors (Lipinski definition) is 3. The lowest BCUT2D eigenvalue weighted by Gasteiger charge is -2.04. The summed E-state index contributed by atoms with van der Waals surface area (Å²) in [6.07, 6.45) is 0.753. The van der Waals surface area contributed by atoms with Gasteiger partial charge < -0.3 is 4.79 Å². The van der Waals surface area contributed by atoms with Crippen LogP contribution in [0.1, 0.15) is 17.0 Å². The van der Waals surface area contributed by atoms with Crippen LogP contribution < -0.4 is 0 Å². The van der Waals surface area contributed by atoms with Crippen molar-refractivity contribution in [1.29, 1.82) is 0 Å². The second kappa shape index (κ2) is 5.52. The molecule has 0 amide bonds. The normalized spacial score (nSPS) is 24.0. The number of rotatable bonds is 4. The average Bonchev–Trinajstić information content (AvgIpc) is 3.24. The summed E-state index contributed by atoms with van der Waals surface area (Å²) in [5, 5.41) is -0.203. The lowest BCUT2D eigenvalue weighted by atomic mass is 10.1. The van der Waals surface area contributed by atoms with Gasteiger partial charge in [-0.25, -0.2) is 8.42 Å². The smallest absolute Gasteiger partial charge is 0.182 e. The van der Waals surface area contributed by atoms with Gasteiger partial charge in [-0.3, -0.25) is 0 Å². The third kappa shape index (κ3) is 2.57. The third-order valence-corrected chi connectivity index (χ3v) is 6.63. The van der Waals surface area contributed by atoms with Gasteiger partial charge in [-0.15, -0.1) is 0 Å². The lowest BCUT2D eigenvalue weighted by Crippen LogP contribution is -2.11. The SMILES string of the molecule is Cc1ccc([C@H]2[C@H](C=O)[C@@H]2S(=O)(=O)c2ccc(Cl)cc2)cc1. The van der Waals surface area contributed by atoms with E-state index in [1.54, 1.807) is 12.1 Å². The van der Waals surface area contributed by atoms with Gasteiger partial charge >= 0.3 is 0 Å². The molecule has 1 fully saturated rings. The highest BCUT2D eigenvalue weighted by Crippen LogP contribution is 2.52. The maximum Gasteiger partial charge on any atom is 0.182 e. The number of halogens is 1. The molecule has 0 N–H and O–H groups in total. The zero-order valence-electron chi connectivity index (χ0n) is 11.9. The molecule has 5 heteroatoms. The molecule has 3 atom stereocenters. The van der Waals surface area contributed by atoms with E-state index in [9.17, 15) is 13.2 Å². The highest BCUT2D eigenvalue weighted by Gasteiger charge is 2.58. The molecular weight excluding hydrogens is 320 g/mol. The van der Waals surface area contributed by atoms with Crippen LogP contribution in [0.5, 0.6) is 0 Å². The van der Waals surface area contributed by atoms with E-state index >= 15 is 0 Å². The van der Waals surface area contributed by atoms with E-state index in [1.165, 1.54) is 12.1 Å². The van der Waals surface area contributed by atoms with Gasteiger partial charge in [-0.2, -0.15) is 0 Å². The van der Waals surface area contributed by atoms with Crippen molar-refractivity contribution >= 4 is 27.7 Å². The predicted octanol–water partition coefficient (Wildman–Crippen LogP) is 3.40. The average molecular weight is 335 g/mol. The first kappa shape index (κ1) is 15.3. The topological polar surface area (TPSA) is 51.2 Å². The summed E-state index contributed by atoms with van der Waals surface area (Å²) >= 11 is 5.80. The Kier molecular flexibility index (Phi) is 3.83. The van der Waals surface area contributed by atoms with Crippen LogP contribution in [-0.4, -0.2) is 20.0 Å². The molecule has 1 aliphatic rings. The molecule has 0 unspecified atom stereocenters. The van der Waals surface area contributed by atoms with Crippen LogP contribution in [0.25, 0.3) is 0 Å². The minimum absolute atomic E-state index is 0.211. The van der Waals surface area contributed by atoms with E-state index in [-0.39, 0.29) is 10.8 Å². The second-order valence-electron chi connectivity index (χ2n) is 5.61. The standard InChI is InChI=1S/C17H15ClO3S/c1-11-2-4-12(5-3-11)16-15(10-19)17(16)22(20,21)14-8-6-13(18)7-9-14/h2-10,15-17H,1H3/t15-,16-,17-/m0/s1. The molecule has 0 radical (unpaired) electrons. The summed E-state index contributed by atoms with van der Waals surface area (Å²) in [5.74, 6) is -0.748. The molecule has 0 spiro atoms. The van der Waals surface area contributed by atoms with Gasteiger partial charge in [0, 0.05) is 16.9 Å². The number of sulfone groups is 1. The summed E-state index contributed by atoms with van der Waals surface area (Å²) in [7, 11) is -3.54. The van der Waals surface area contributed by atoms with E-state index in [4.69, 9.17) is 11.6 Å². The minimum atomic E-state index is -3.54. The molecule has 0 heterocycles. The largest absolute Gasteiger partial charge is 0.303 e. The fourth-order valence-electron chi connectivity index (χ4n) is 2.85. The molecule has 0 saturated heterocycles. The molecule has 1 aliphatic carbocycles. The quantitative estimate of drug-likeness (QED) is 0.805. The third-order valence-electron chi connectivity index (χ3n) is 4.13. The van der Waals surface area contributed by atoms with Gasteiger partial charge in [0.2, 0.25) is 0 Å². The molecule has 3 nitrogen and oxygen atoms in total. The number of aldehydes is 1. The highest BCUT2D eigenvalue weighted by atomic mass is 35.5. The summed E-state index contributed by atoms with van der Waals surface area (Å²) < 4.78 is 25.4. The monoisotopic (exact) mass is 334 g/mol. The van der Waals surface area contributed by atoms with Gasteiger partial charge in [0.15, 0.2) is 9.84 Å². The Labute approximate surface area is 134 Å². The number of carbonyl (C=O) groups excluding carboxylic acids is 1. The molecule has 0 aliphatic heterocycles. The van der Waals surface area contributed by atoms with Crippen LogP contribution >= 0.6 is 11.6 Å². The molecule has 0 bridgehead atoms. The molecule has 2 aromatic rings. The van der Waals surface area contributed by atoms with Gasteiger partial charge in [0.1, 0.15) is 6.29 Å². The van der Waals surface area contributed by atoms with Gasteiger partial charge in [-0.1, -0.05) is 41.4 Å². The van der Waals surface area contributed by atoms with Gasteiger partial charge in [0.05, 0.1) is 10.1 Å². The van der Waals surface area contributed by atoms with E-state index < -0.39 is 21.0 Å². The Morgan fingerprint density at radius 1 is 1.00 bits per heavy atom. The first-order valence-corrected chi connectivity index (χ1v) is 8.89. The van der Waals surface area contributed by atoms with Crippen molar-refractivity contribution in [2.75, 3.05) is 0 Å². The maximum absolute atomic E-state index is 12.7. The van der Waals surface area contributed by atoms with Crippen LogP contribution in [0.3, 0.4) is 0 Å².